The maximum atomic E-state index is 12.9. The van der Waals surface area contributed by atoms with Crippen LogP contribution in [0, 0.1) is 0 Å². The normalized spacial score (nSPS) is 13.6. The molecule has 2 aromatic carbocycles. The summed E-state index contributed by atoms with van der Waals surface area (Å²) in [6, 6.07) is 14.8. The van der Waals surface area contributed by atoms with Gasteiger partial charge in [-0.15, -0.1) is 11.3 Å². The van der Waals surface area contributed by atoms with Gasteiger partial charge >= 0.3 is 5.97 Å². The molecule has 0 fully saturated rings. The quantitative estimate of drug-likeness (QED) is 0.624. The zero-order chi connectivity index (χ0) is 17.1. The van der Waals surface area contributed by atoms with Crippen molar-refractivity contribution in [2.45, 2.75) is 23.1 Å². The highest BCUT2D eigenvalue weighted by atomic mass is 35.5. The molecule has 2 atom stereocenters. The lowest BCUT2D eigenvalue weighted by Crippen LogP contribution is -2.24. The number of carbonyl (C=O) groups excluding carboxylic acids is 1. The number of aromatic nitrogens is 1. The van der Waals surface area contributed by atoms with E-state index in [2.05, 4.69) is 4.98 Å². The fourth-order valence-electron chi connectivity index (χ4n) is 2.23. The molecule has 4 nitrogen and oxygen atoms in total. The Labute approximate surface area is 150 Å². The molecular formula is C17H14ClNO3S2. The summed E-state index contributed by atoms with van der Waals surface area (Å²) in [5, 5.41) is 0.575. The van der Waals surface area contributed by atoms with E-state index in [4.69, 9.17) is 16.3 Å². The van der Waals surface area contributed by atoms with Crippen molar-refractivity contribution in [1.29, 1.82) is 0 Å². The van der Waals surface area contributed by atoms with E-state index in [1.165, 1.54) is 18.3 Å². The van der Waals surface area contributed by atoms with Gasteiger partial charge in [-0.3, -0.25) is 4.79 Å². The fourth-order valence-corrected chi connectivity index (χ4v) is 4.97. The van der Waals surface area contributed by atoms with Crippen LogP contribution in [-0.2, 0) is 26.8 Å². The summed E-state index contributed by atoms with van der Waals surface area (Å²) in [7, 11) is -1.56. The minimum Gasteiger partial charge on any atom is -0.448 e. The van der Waals surface area contributed by atoms with Gasteiger partial charge in [0.05, 0.1) is 10.2 Å². The predicted molar refractivity (Wildman–Crippen MR) is 96.7 cm³/mol. The average Bonchev–Trinajstić information content (AvgIpc) is 2.97. The summed E-state index contributed by atoms with van der Waals surface area (Å²) in [5.41, 5.74) is 0.860. The molecule has 0 radical (unpaired) electrons. The lowest BCUT2D eigenvalue weighted by atomic mass is 10.2. The third kappa shape index (κ3) is 4.01. The van der Waals surface area contributed by atoms with Gasteiger partial charge in [-0.2, -0.15) is 0 Å². The van der Waals surface area contributed by atoms with E-state index < -0.39 is 22.2 Å². The second-order valence-corrected chi connectivity index (χ2v) is 8.35. The molecule has 7 heteroatoms. The van der Waals surface area contributed by atoms with Gasteiger partial charge in [0.2, 0.25) is 0 Å². The molecule has 0 aliphatic carbocycles. The van der Waals surface area contributed by atoms with Crippen LogP contribution in [0.4, 0.5) is 0 Å². The first-order valence-electron chi connectivity index (χ1n) is 7.21. The van der Waals surface area contributed by atoms with Crippen LogP contribution in [0.15, 0.2) is 52.9 Å². The van der Waals surface area contributed by atoms with Crippen LogP contribution < -0.4 is 0 Å². The minimum atomic E-state index is -1.56. The van der Waals surface area contributed by atoms with Crippen molar-refractivity contribution >= 4 is 49.9 Å². The molecule has 0 aliphatic heterocycles. The summed E-state index contributed by atoms with van der Waals surface area (Å²) in [6.45, 7) is 1.31. The van der Waals surface area contributed by atoms with Gasteiger partial charge in [0, 0.05) is 18.4 Å². The topological polar surface area (TPSA) is 56.3 Å². The molecular weight excluding hydrogens is 366 g/mol. The summed E-state index contributed by atoms with van der Waals surface area (Å²) >= 11 is 7.28. The predicted octanol–water partition coefficient (Wildman–Crippen LogP) is 4.19. The first-order chi connectivity index (χ1) is 11.5. The van der Waals surface area contributed by atoms with E-state index in [1.807, 2.05) is 36.4 Å². The van der Waals surface area contributed by atoms with Crippen LogP contribution in [0.5, 0.6) is 0 Å². The Kier molecular flexibility index (Phi) is 5.28. The third-order valence-electron chi connectivity index (χ3n) is 3.28. The van der Waals surface area contributed by atoms with Gasteiger partial charge in [-0.05, 0) is 23.8 Å². The fraction of sp³-hybridized carbons (Fsp3) is 0.176. The second kappa shape index (κ2) is 7.42. The highest BCUT2D eigenvalue weighted by molar-refractivity contribution is 7.87. The van der Waals surface area contributed by atoms with Crippen LogP contribution in [0.25, 0.3) is 10.2 Å². The molecule has 124 valence electrons. The zero-order valence-electron chi connectivity index (χ0n) is 12.8. The third-order valence-corrected chi connectivity index (χ3v) is 6.27. The number of thiazole rings is 1. The lowest BCUT2D eigenvalue weighted by Gasteiger charge is -2.15. The Hall–Kier alpha value is -1.76. The molecule has 0 bridgehead atoms. The highest BCUT2D eigenvalue weighted by Gasteiger charge is 2.25. The zero-order valence-corrected chi connectivity index (χ0v) is 15.2. The van der Waals surface area contributed by atoms with E-state index in [-0.39, 0.29) is 0 Å². The molecule has 1 aromatic heterocycles. The molecule has 0 aliphatic rings. The summed E-state index contributed by atoms with van der Waals surface area (Å²) in [4.78, 5) is 15.8. The van der Waals surface area contributed by atoms with Crippen LogP contribution >= 0.6 is 22.9 Å². The van der Waals surface area contributed by atoms with Gasteiger partial charge in [-0.1, -0.05) is 41.9 Å². The molecule has 24 heavy (non-hydrogen) atoms. The van der Waals surface area contributed by atoms with Crippen molar-refractivity contribution in [3.8, 4) is 0 Å². The van der Waals surface area contributed by atoms with Gasteiger partial charge in [0.25, 0.3) is 0 Å². The smallest absolute Gasteiger partial charge is 0.303 e. The Morgan fingerprint density at radius 2 is 2.04 bits per heavy atom. The molecule has 3 aromatic rings. The largest absolute Gasteiger partial charge is 0.448 e. The number of hydrogen-bond donors (Lipinski definition) is 0. The molecule has 0 saturated heterocycles. The standard InChI is InChI=1S/C17H14ClNO3S2/c1-11(20)22-16(9-12-5-3-2-4-6-12)24(21)17-19-14-10-13(18)7-8-15(14)23-17/h2-8,10,16H,9H2,1H3. The van der Waals surface area contributed by atoms with Crippen LogP contribution in [0.2, 0.25) is 5.02 Å². The van der Waals surface area contributed by atoms with Crippen LogP contribution in [0.1, 0.15) is 12.5 Å². The molecule has 2 unspecified atom stereocenters. The number of ether oxygens (including phenoxy) is 1. The number of esters is 1. The van der Waals surface area contributed by atoms with Crippen molar-refractivity contribution in [3.63, 3.8) is 0 Å². The lowest BCUT2D eigenvalue weighted by molar-refractivity contribution is -0.142. The van der Waals surface area contributed by atoms with E-state index in [0.717, 1.165) is 10.3 Å². The Bertz CT molecular complexity index is 895. The van der Waals surface area contributed by atoms with Gasteiger partial charge in [0.1, 0.15) is 10.8 Å². The molecule has 0 amide bonds. The average molecular weight is 380 g/mol. The number of benzene rings is 2. The number of nitrogens with zero attached hydrogens (tertiary/aromatic N) is 1. The first kappa shape index (κ1) is 17.1. The van der Waals surface area contributed by atoms with E-state index in [9.17, 15) is 9.00 Å². The molecule has 0 saturated carbocycles. The van der Waals surface area contributed by atoms with Crippen molar-refractivity contribution in [2.75, 3.05) is 0 Å². The van der Waals surface area contributed by atoms with Gasteiger partial charge < -0.3 is 4.74 Å². The Morgan fingerprint density at radius 1 is 1.29 bits per heavy atom. The monoisotopic (exact) mass is 379 g/mol. The number of hydrogen-bond acceptors (Lipinski definition) is 5. The molecule has 0 spiro atoms. The SMILES string of the molecule is CC(=O)OC(Cc1ccccc1)S(=O)c1nc2cc(Cl)ccc2s1. The van der Waals surface area contributed by atoms with E-state index in [0.29, 0.717) is 21.3 Å². The van der Waals surface area contributed by atoms with Crippen molar-refractivity contribution in [2.24, 2.45) is 0 Å². The van der Waals surface area contributed by atoms with E-state index in [1.54, 1.807) is 12.1 Å². The summed E-state index contributed by atoms with van der Waals surface area (Å²) in [6.07, 6.45) is 0.365. The number of halogens is 1. The molecule has 1 heterocycles. The maximum Gasteiger partial charge on any atom is 0.303 e. The van der Waals surface area contributed by atoms with Crippen molar-refractivity contribution < 1.29 is 13.7 Å². The first-order valence-corrected chi connectivity index (χ1v) is 9.61. The number of rotatable bonds is 5. The summed E-state index contributed by atoms with van der Waals surface area (Å²) < 4.78 is 19.5. The van der Waals surface area contributed by atoms with Gasteiger partial charge in [-0.25, -0.2) is 9.19 Å². The molecule has 3 rings (SSSR count). The molecule has 0 N–H and O–H groups in total. The van der Waals surface area contributed by atoms with Gasteiger partial charge in [0.15, 0.2) is 9.78 Å². The number of fused-ring (bicyclic) bond motifs is 1. The van der Waals surface area contributed by atoms with Crippen molar-refractivity contribution in [3.05, 3.63) is 59.1 Å². The van der Waals surface area contributed by atoms with Crippen molar-refractivity contribution in [1.82, 2.24) is 4.98 Å². The minimum absolute atomic E-state index is 0.365. The van der Waals surface area contributed by atoms with Crippen LogP contribution in [-0.4, -0.2) is 20.6 Å². The maximum absolute atomic E-state index is 12.9. The second-order valence-electron chi connectivity index (χ2n) is 5.12. The summed E-state index contributed by atoms with van der Waals surface area (Å²) in [5.74, 6) is -0.464. The number of carbonyl (C=O) groups is 1. The van der Waals surface area contributed by atoms with Crippen LogP contribution in [0.3, 0.4) is 0 Å². The Balaban J connectivity index is 1.90. The van der Waals surface area contributed by atoms with E-state index >= 15 is 0 Å². The Morgan fingerprint density at radius 3 is 2.75 bits per heavy atom. The highest BCUT2D eigenvalue weighted by Crippen LogP contribution is 2.29.